The molecule has 0 saturated heterocycles. The van der Waals surface area contributed by atoms with Crippen molar-refractivity contribution in [2.24, 2.45) is 0 Å². The van der Waals surface area contributed by atoms with Crippen molar-refractivity contribution in [3.8, 4) is 0 Å². The Bertz CT molecular complexity index is 700. The summed E-state index contributed by atoms with van der Waals surface area (Å²) < 4.78 is 26.7. The third-order valence-electron chi connectivity index (χ3n) is 3.38. The number of hydrogen-bond acceptors (Lipinski definition) is 3. The van der Waals surface area contributed by atoms with Gasteiger partial charge < -0.3 is 0 Å². The molecule has 0 aliphatic carbocycles. The number of benzene rings is 1. The summed E-state index contributed by atoms with van der Waals surface area (Å²) in [6.45, 7) is 1.95. The van der Waals surface area contributed by atoms with Gasteiger partial charge in [0.05, 0.1) is 4.90 Å². The Morgan fingerprint density at radius 3 is 2.63 bits per heavy atom. The summed E-state index contributed by atoms with van der Waals surface area (Å²) in [5.41, 5.74) is 3.15. The second-order valence-electron chi connectivity index (χ2n) is 4.70. The van der Waals surface area contributed by atoms with Crippen molar-refractivity contribution in [2.45, 2.75) is 24.0 Å². The monoisotopic (exact) mass is 293 g/mol. The van der Waals surface area contributed by atoms with Crippen LogP contribution in [0.25, 0.3) is 0 Å². The fourth-order valence-corrected chi connectivity index (χ4v) is 4.78. The van der Waals surface area contributed by atoms with Crippen LogP contribution in [0, 0.1) is 6.92 Å². The number of nitrogens with zero attached hydrogens (tertiary/aromatic N) is 1. The first-order valence-corrected chi connectivity index (χ1v) is 8.77. The van der Waals surface area contributed by atoms with Crippen LogP contribution in [-0.4, -0.2) is 18.1 Å². The minimum Gasteiger partial charge on any atom is -0.245 e. The van der Waals surface area contributed by atoms with E-state index in [0.717, 1.165) is 34.7 Å². The zero-order valence-corrected chi connectivity index (χ0v) is 12.3. The molecule has 0 fully saturated rings. The van der Waals surface area contributed by atoms with E-state index in [1.165, 1.54) is 3.97 Å². The van der Waals surface area contributed by atoms with Crippen LogP contribution in [0.3, 0.4) is 0 Å². The van der Waals surface area contributed by atoms with E-state index < -0.39 is 10.0 Å². The number of fused-ring (bicyclic) bond motifs is 1. The Hall–Kier alpha value is -1.20. The Balaban J connectivity index is 2.10. The zero-order valence-electron chi connectivity index (χ0n) is 10.7. The summed E-state index contributed by atoms with van der Waals surface area (Å²) in [6.07, 6.45) is 2.64. The Morgan fingerprint density at radius 1 is 1.16 bits per heavy atom. The highest BCUT2D eigenvalue weighted by molar-refractivity contribution is 7.98. The van der Waals surface area contributed by atoms with Crippen molar-refractivity contribution in [2.75, 3.05) is 5.75 Å². The zero-order chi connectivity index (χ0) is 13.5. The predicted octanol–water partition coefficient (Wildman–Crippen LogP) is 2.82. The van der Waals surface area contributed by atoms with Gasteiger partial charge in [0.15, 0.2) is 0 Å². The molecule has 1 aromatic carbocycles. The van der Waals surface area contributed by atoms with E-state index in [4.69, 9.17) is 0 Å². The molecule has 5 heteroatoms. The van der Waals surface area contributed by atoms with E-state index in [2.05, 4.69) is 0 Å². The quantitative estimate of drug-likeness (QED) is 0.854. The van der Waals surface area contributed by atoms with Gasteiger partial charge in [-0.2, -0.15) is 11.8 Å². The first-order valence-electron chi connectivity index (χ1n) is 6.18. The second-order valence-corrected chi connectivity index (χ2v) is 7.62. The number of aryl methyl sites for hydroxylation is 2. The normalized spacial score (nSPS) is 15.2. The molecule has 3 rings (SSSR count). The van der Waals surface area contributed by atoms with Crippen LogP contribution in [0.15, 0.2) is 41.4 Å². The first kappa shape index (κ1) is 12.8. The van der Waals surface area contributed by atoms with Gasteiger partial charge in [-0.15, -0.1) is 0 Å². The third-order valence-corrected chi connectivity index (χ3v) is 6.08. The molecule has 0 bridgehead atoms. The summed E-state index contributed by atoms with van der Waals surface area (Å²) in [4.78, 5) is 0.354. The fraction of sp³-hybridized carbons (Fsp3) is 0.286. The molecular formula is C14H15NO2S2. The minimum absolute atomic E-state index is 0.354. The van der Waals surface area contributed by atoms with Crippen LogP contribution in [0.1, 0.15) is 16.8 Å². The fourth-order valence-electron chi connectivity index (χ4n) is 2.27. The Morgan fingerprint density at radius 2 is 1.89 bits per heavy atom. The summed E-state index contributed by atoms with van der Waals surface area (Å²) in [7, 11) is -3.45. The molecule has 0 amide bonds. The summed E-state index contributed by atoms with van der Waals surface area (Å²) in [5, 5.41) is 0. The van der Waals surface area contributed by atoms with Crippen molar-refractivity contribution in [3.63, 3.8) is 0 Å². The van der Waals surface area contributed by atoms with E-state index in [-0.39, 0.29) is 0 Å². The molecule has 100 valence electrons. The van der Waals surface area contributed by atoms with Crippen LogP contribution in [-0.2, 0) is 22.2 Å². The summed E-state index contributed by atoms with van der Waals surface area (Å²) in [5.74, 6) is 1.84. The van der Waals surface area contributed by atoms with Crippen molar-refractivity contribution < 1.29 is 8.42 Å². The molecule has 1 aliphatic rings. The van der Waals surface area contributed by atoms with Gasteiger partial charge in [0.25, 0.3) is 10.0 Å². The van der Waals surface area contributed by atoms with Crippen molar-refractivity contribution in [1.29, 1.82) is 0 Å². The Labute approximate surface area is 117 Å². The van der Waals surface area contributed by atoms with Crippen LogP contribution in [0.5, 0.6) is 0 Å². The molecule has 0 N–H and O–H groups in total. The second kappa shape index (κ2) is 4.72. The molecule has 3 nitrogen and oxygen atoms in total. The molecule has 0 saturated carbocycles. The number of hydrogen-bond donors (Lipinski definition) is 0. The lowest BCUT2D eigenvalue weighted by Gasteiger charge is -2.15. The molecule has 0 spiro atoms. The van der Waals surface area contributed by atoms with E-state index >= 15 is 0 Å². The van der Waals surface area contributed by atoms with Crippen molar-refractivity contribution in [3.05, 3.63) is 53.3 Å². The highest BCUT2D eigenvalue weighted by atomic mass is 32.2. The third kappa shape index (κ3) is 2.21. The molecule has 2 heterocycles. The highest BCUT2D eigenvalue weighted by Crippen LogP contribution is 2.28. The van der Waals surface area contributed by atoms with Gasteiger partial charge in [0.2, 0.25) is 0 Å². The van der Waals surface area contributed by atoms with Crippen LogP contribution < -0.4 is 0 Å². The van der Waals surface area contributed by atoms with E-state index in [0.29, 0.717) is 4.90 Å². The van der Waals surface area contributed by atoms with Gasteiger partial charge in [-0.25, -0.2) is 12.4 Å². The van der Waals surface area contributed by atoms with Gasteiger partial charge in [-0.1, -0.05) is 17.7 Å². The summed E-state index contributed by atoms with van der Waals surface area (Å²) >= 11 is 1.78. The first-order chi connectivity index (χ1) is 9.09. The van der Waals surface area contributed by atoms with Gasteiger partial charge in [0, 0.05) is 17.6 Å². The molecule has 2 aromatic rings. The number of thioether (sulfide) groups is 1. The maximum atomic E-state index is 12.6. The molecule has 0 unspecified atom stereocenters. The van der Waals surface area contributed by atoms with Crippen LogP contribution in [0.4, 0.5) is 0 Å². The maximum absolute atomic E-state index is 12.6. The molecular weight excluding hydrogens is 278 g/mol. The molecule has 1 aromatic heterocycles. The lowest BCUT2D eigenvalue weighted by molar-refractivity contribution is 0.586. The smallest absolute Gasteiger partial charge is 0.245 e. The predicted molar refractivity (Wildman–Crippen MR) is 78.1 cm³/mol. The average molecular weight is 293 g/mol. The SMILES string of the molecule is Cc1ccc(S(=O)(=O)n2ccc3c2CSCC3)cc1. The Kier molecular flexibility index (Phi) is 3.19. The largest absolute Gasteiger partial charge is 0.267 e. The number of aromatic nitrogens is 1. The molecule has 0 atom stereocenters. The average Bonchev–Trinajstić information content (AvgIpc) is 2.83. The van der Waals surface area contributed by atoms with Crippen molar-refractivity contribution >= 4 is 21.8 Å². The summed E-state index contributed by atoms with van der Waals surface area (Å²) in [6, 6.07) is 8.94. The van der Waals surface area contributed by atoms with E-state index in [9.17, 15) is 8.42 Å². The topological polar surface area (TPSA) is 39.1 Å². The molecule has 0 radical (unpaired) electrons. The van der Waals surface area contributed by atoms with Gasteiger partial charge >= 0.3 is 0 Å². The number of rotatable bonds is 2. The standard InChI is InChI=1S/C14H15NO2S2/c1-11-2-4-13(5-3-11)19(16,17)15-8-6-12-7-9-18-10-14(12)15/h2-6,8H,7,9-10H2,1H3. The van der Waals surface area contributed by atoms with E-state index in [1.54, 1.807) is 30.1 Å². The maximum Gasteiger partial charge on any atom is 0.267 e. The molecule has 19 heavy (non-hydrogen) atoms. The van der Waals surface area contributed by atoms with Crippen LogP contribution >= 0.6 is 11.8 Å². The molecule has 1 aliphatic heterocycles. The van der Waals surface area contributed by atoms with Crippen LogP contribution in [0.2, 0.25) is 0 Å². The van der Waals surface area contributed by atoms with Gasteiger partial charge in [0.1, 0.15) is 0 Å². The van der Waals surface area contributed by atoms with Crippen molar-refractivity contribution in [1.82, 2.24) is 3.97 Å². The lowest BCUT2D eigenvalue weighted by Crippen LogP contribution is -2.16. The minimum atomic E-state index is -3.45. The van der Waals surface area contributed by atoms with Gasteiger partial charge in [-0.3, -0.25) is 0 Å². The van der Waals surface area contributed by atoms with Gasteiger partial charge in [-0.05, 0) is 42.9 Å². The highest BCUT2D eigenvalue weighted by Gasteiger charge is 2.23. The van der Waals surface area contributed by atoms with E-state index in [1.807, 2.05) is 25.1 Å². The lowest BCUT2D eigenvalue weighted by atomic mass is 10.2.